The highest BCUT2D eigenvalue weighted by molar-refractivity contribution is 7.89. The molecule has 144 valence electrons. The average Bonchev–Trinajstić information content (AvgIpc) is 2.63. The van der Waals surface area contributed by atoms with Crippen LogP contribution >= 0.6 is 8.81 Å². The third kappa shape index (κ3) is 11.7. The average molecular weight is 387 g/mol. The molecule has 0 spiro atoms. The van der Waals surface area contributed by atoms with Crippen molar-refractivity contribution in [2.45, 2.75) is 88.9 Å². The molecule has 0 amide bonds. The first-order chi connectivity index (χ1) is 12.2. The molecule has 0 saturated heterocycles. The van der Waals surface area contributed by atoms with Crippen molar-refractivity contribution < 1.29 is 12.4 Å². The molecule has 0 aliphatic heterocycles. The van der Waals surface area contributed by atoms with Gasteiger partial charge in [-0.1, -0.05) is 95.8 Å². The maximum atomic E-state index is 11.9. The maximum Gasteiger partial charge on any atom is 0.299 e. The Balaban J connectivity index is 1.89. The van der Waals surface area contributed by atoms with Gasteiger partial charge in [0, 0.05) is 8.81 Å². The number of benzene rings is 1. The zero-order chi connectivity index (χ0) is 18.2. The van der Waals surface area contributed by atoms with E-state index in [1.807, 2.05) is 0 Å². The summed E-state index contributed by atoms with van der Waals surface area (Å²) in [5.41, 5.74) is 0. The van der Waals surface area contributed by atoms with Crippen LogP contribution in [0.1, 0.15) is 84.0 Å². The van der Waals surface area contributed by atoms with Crippen LogP contribution in [0.25, 0.3) is 0 Å². The minimum absolute atomic E-state index is 0.0328. The van der Waals surface area contributed by atoms with Gasteiger partial charge in [0.1, 0.15) is 0 Å². The van der Waals surface area contributed by atoms with Gasteiger partial charge in [0.15, 0.2) is 0 Å². The van der Waals surface area contributed by atoms with E-state index in [-0.39, 0.29) is 13.7 Å². The summed E-state index contributed by atoms with van der Waals surface area (Å²) in [5, 5.41) is 0. The van der Waals surface area contributed by atoms with Crippen molar-refractivity contribution in [3.8, 4) is 0 Å². The molecule has 25 heavy (non-hydrogen) atoms. The molecule has 1 atom stereocenters. The Hall–Kier alpha value is -0.440. The molecule has 1 rings (SSSR count). The molecule has 0 radical (unpaired) electrons. The molecule has 1 aromatic rings. The SMILES string of the molecule is CCCCCCCCCCCCCCPOS(=O)(=O)c1ccccc1. The number of hydrogen-bond donors (Lipinski definition) is 0. The third-order valence-electron chi connectivity index (χ3n) is 4.33. The molecule has 0 bridgehead atoms. The van der Waals surface area contributed by atoms with Crippen LogP contribution in [0.4, 0.5) is 0 Å². The van der Waals surface area contributed by atoms with Crippen LogP contribution in [-0.4, -0.2) is 14.6 Å². The maximum absolute atomic E-state index is 11.9. The molecular formula is C20H35O3PS. The molecule has 0 aromatic heterocycles. The highest BCUT2D eigenvalue weighted by Gasteiger charge is 2.13. The van der Waals surface area contributed by atoms with Crippen molar-refractivity contribution in [2.75, 3.05) is 6.16 Å². The first kappa shape index (κ1) is 22.6. The van der Waals surface area contributed by atoms with Crippen LogP contribution in [0.15, 0.2) is 35.2 Å². The van der Waals surface area contributed by atoms with E-state index in [0.29, 0.717) is 0 Å². The largest absolute Gasteiger partial charge is 0.299 e. The summed E-state index contributed by atoms with van der Waals surface area (Å²) >= 11 is 0. The summed E-state index contributed by atoms with van der Waals surface area (Å²) in [5.74, 6) is 0. The van der Waals surface area contributed by atoms with Gasteiger partial charge in [0.05, 0.1) is 4.90 Å². The van der Waals surface area contributed by atoms with E-state index < -0.39 is 10.1 Å². The Morgan fingerprint density at radius 1 is 0.760 bits per heavy atom. The lowest BCUT2D eigenvalue weighted by Crippen LogP contribution is -2.00. The van der Waals surface area contributed by atoms with Crippen LogP contribution in [0, 0.1) is 0 Å². The molecule has 3 nitrogen and oxygen atoms in total. The molecule has 1 aromatic carbocycles. The van der Waals surface area contributed by atoms with Crippen molar-refractivity contribution in [3.63, 3.8) is 0 Å². The highest BCUT2D eigenvalue weighted by Crippen LogP contribution is 2.24. The molecule has 0 heterocycles. The molecule has 0 saturated carbocycles. The van der Waals surface area contributed by atoms with Crippen molar-refractivity contribution >= 4 is 18.9 Å². The standard InChI is InChI=1S/C20H35O3PS/c1-2-3-4-5-6-7-8-9-10-11-12-16-19-24-23-25(21,22)20-17-14-13-15-18-20/h13-15,17-18,24H,2-12,16,19H2,1H3. The zero-order valence-corrected chi connectivity index (χ0v) is 17.5. The van der Waals surface area contributed by atoms with Crippen LogP contribution in [0.2, 0.25) is 0 Å². The Morgan fingerprint density at radius 2 is 1.24 bits per heavy atom. The second-order valence-electron chi connectivity index (χ2n) is 6.63. The van der Waals surface area contributed by atoms with Gasteiger partial charge in [-0.25, -0.2) is 3.97 Å². The molecule has 0 aliphatic carbocycles. The van der Waals surface area contributed by atoms with Crippen LogP contribution in [0.3, 0.4) is 0 Å². The van der Waals surface area contributed by atoms with E-state index in [0.717, 1.165) is 12.6 Å². The summed E-state index contributed by atoms with van der Waals surface area (Å²) in [6.07, 6.45) is 16.6. The second-order valence-corrected chi connectivity index (χ2v) is 9.47. The lowest BCUT2D eigenvalue weighted by atomic mass is 10.1. The Bertz CT molecular complexity index is 517. The summed E-state index contributed by atoms with van der Waals surface area (Å²) in [6.45, 7) is 2.26. The lowest BCUT2D eigenvalue weighted by molar-refractivity contribution is 0.512. The molecule has 0 fully saturated rings. The Labute approximate surface area is 156 Å². The van der Waals surface area contributed by atoms with Gasteiger partial charge in [-0.2, -0.15) is 8.42 Å². The van der Waals surface area contributed by atoms with E-state index >= 15 is 0 Å². The molecule has 0 aliphatic rings. The van der Waals surface area contributed by atoms with Crippen LogP contribution in [0.5, 0.6) is 0 Å². The minimum Gasteiger partial charge on any atom is -0.247 e. The fraction of sp³-hybridized carbons (Fsp3) is 0.700. The van der Waals surface area contributed by atoms with Gasteiger partial charge >= 0.3 is 0 Å². The summed E-state index contributed by atoms with van der Waals surface area (Å²) in [6, 6.07) is 8.37. The van der Waals surface area contributed by atoms with Gasteiger partial charge in [-0.3, -0.25) is 0 Å². The fourth-order valence-corrected chi connectivity index (χ4v) is 5.02. The first-order valence-electron chi connectivity index (χ1n) is 9.88. The summed E-state index contributed by atoms with van der Waals surface area (Å²) in [7, 11) is -3.53. The van der Waals surface area contributed by atoms with E-state index in [1.165, 1.54) is 70.6 Å². The van der Waals surface area contributed by atoms with Gasteiger partial charge in [0.25, 0.3) is 10.1 Å². The van der Waals surface area contributed by atoms with Gasteiger partial charge < -0.3 is 0 Å². The second kappa shape index (κ2) is 14.7. The predicted octanol–water partition coefficient (Wildman–Crippen LogP) is 6.69. The zero-order valence-electron chi connectivity index (χ0n) is 15.7. The third-order valence-corrected chi connectivity index (χ3v) is 7.09. The van der Waals surface area contributed by atoms with E-state index in [2.05, 4.69) is 6.92 Å². The number of unbranched alkanes of at least 4 members (excludes halogenated alkanes) is 11. The highest BCUT2D eigenvalue weighted by atomic mass is 32.2. The fourth-order valence-electron chi connectivity index (χ4n) is 2.79. The van der Waals surface area contributed by atoms with Gasteiger partial charge in [0.2, 0.25) is 0 Å². The molecular weight excluding hydrogens is 351 g/mol. The lowest BCUT2D eigenvalue weighted by Gasteiger charge is -2.05. The van der Waals surface area contributed by atoms with Crippen LogP contribution < -0.4 is 0 Å². The number of hydrogen-bond acceptors (Lipinski definition) is 3. The van der Waals surface area contributed by atoms with Gasteiger partial charge in [-0.15, -0.1) is 0 Å². The topological polar surface area (TPSA) is 43.4 Å². The Morgan fingerprint density at radius 3 is 1.76 bits per heavy atom. The summed E-state index contributed by atoms with van der Waals surface area (Å²) in [4.78, 5) is 0.247. The molecule has 0 N–H and O–H groups in total. The van der Waals surface area contributed by atoms with E-state index in [1.54, 1.807) is 30.3 Å². The van der Waals surface area contributed by atoms with E-state index in [4.69, 9.17) is 3.97 Å². The molecule has 5 heteroatoms. The normalized spacial score (nSPS) is 12.2. The number of rotatable bonds is 16. The predicted molar refractivity (Wildman–Crippen MR) is 109 cm³/mol. The summed E-state index contributed by atoms with van der Waals surface area (Å²) < 4.78 is 29.0. The minimum atomic E-state index is -3.56. The van der Waals surface area contributed by atoms with Crippen molar-refractivity contribution in [1.82, 2.24) is 0 Å². The van der Waals surface area contributed by atoms with Crippen LogP contribution in [-0.2, 0) is 14.1 Å². The van der Waals surface area contributed by atoms with Crippen molar-refractivity contribution in [1.29, 1.82) is 0 Å². The Kier molecular flexibility index (Phi) is 13.3. The quantitative estimate of drug-likeness (QED) is 0.235. The smallest absolute Gasteiger partial charge is 0.247 e. The van der Waals surface area contributed by atoms with Crippen molar-refractivity contribution in [2.24, 2.45) is 0 Å². The first-order valence-corrected chi connectivity index (χ1v) is 12.4. The molecule has 1 unspecified atom stereocenters. The van der Waals surface area contributed by atoms with Gasteiger partial charge in [-0.05, 0) is 24.7 Å². The van der Waals surface area contributed by atoms with E-state index in [9.17, 15) is 8.42 Å². The van der Waals surface area contributed by atoms with Crippen molar-refractivity contribution in [3.05, 3.63) is 30.3 Å². The monoisotopic (exact) mass is 386 g/mol.